The van der Waals surface area contributed by atoms with Crippen LogP contribution in [0.15, 0.2) is 30.3 Å². The topological polar surface area (TPSA) is 64.4 Å². The van der Waals surface area contributed by atoms with Crippen LogP contribution >= 0.6 is 11.3 Å². The molecule has 0 fully saturated rings. The van der Waals surface area contributed by atoms with Gasteiger partial charge in [0.1, 0.15) is 5.75 Å². The van der Waals surface area contributed by atoms with Crippen molar-refractivity contribution in [3.63, 3.8) is 0 Å². The highest BCUT2D eigenvalue weighted by Crippen LogP contribution is 2.28. The van der Waals surface area contributed by atoms with Gasteiger partial charge in [-0.25, -0.2) is 0 Å². The molecule has 1 heterocycles. The fourth-order valence-corrected chi connectivity index (χ4v) is 2.89. The summed E-state index contributed by atoms with van der Waals surface area (Å²) in [6.07, 6.45) is 0. The van der Waals surface area contributed by atoms with E-state index in [9.17, 15) is 10.1 Å². The summed E-state index contributed by atoms with van der Waals surface area (Å²) in [5.41, 5.74) is 2.26. The lowest BCUT2D eigenvalue weighted by Gasteiger charge is -2.17. The van der Waals surface area contributed by atoms with Gasteiger partial charge in [0.05, 0.1) is 12.0 Å². The fourth-order valence-electron chi connectivity index (χ4n) is 2.12. The number of thiophene rings is 1. The molecular formula is C15H18N2O3S. The highest BCUT2D eigenvalue weighted by molar-refractivity contribution is 7.15. The second-order valence-corrected chi connectivity index (χ2v) is 5.99. The van der Waals surface area contributed by atoms with E-state index >= 15 is 0 Å². The van der Waals surface area contributed by atoms with Crippen LogP contribution in [0.1, 0.15) is 29.0 Å². The highest BCUT2D eigenvalue weighted by atomic mass is 32.1. The maximum Gasteiger partial charge on any atom is 0.324 e. The zero-order valence-corrected chi connectivity index (χ0v) is 13.1. The molecule has 2 rings (SSSR count). The first kappa shape index (κ1) is 15.5. The summed E-state index contributed by atoms with van der Waals surface area (Å²) in [5.74, 6) is 0.845. The van der Waals surface area contributed by atoms with E-state index in [1.54, 1.807) is 19.2 Å². The molecule has 1 atom stereocenters. The van der Waals surface area contributed by atoms with E-state index < -0.39 is 0 Å². The number of hydrogen-bond acceptors (Lipinski definition) is 5. The first-order chi connectivity index (χ1) is 10.0. The molecule has 1 unspecified atom stereocenters. The van der Waals surface area contributed by atoms with Crippen LogP contribution in [-0.2, 0) is 6.54 Å². The number of nitro groups is 1. The average molecular weight is 306 g/mol. The van der Waals surface area contributed by atoms with Crippen molar-refractivity contribution in [2.24, 2.45) is 0 Å². The van der Waals surface area contributed by atoms with Crippen LogP contribution < -0.4 is 10.1 Å². The first-order valence-corrected chi connectivity index (χ1v) is 7.44. The molecule has 0 saturated carbocycles. The second-order valence-electron chi connectivity index (χ2n) is 4.85. The smallest absolute Gasteiger partial charge is 0.324 e. The molecule has 0 bridgehead atoms. The molecule has 0 spiro atoms. The summed E-state index contributed by atoms with van der Waals surface area (Å²) in [7, 11) is 1.66. The molecular weight excluding hydrogens is 288 g/mol. The summed E-state index contributed by atoms with van der Waals surface area (Å²) >= 11 is 1.20. The molecule has 0 aliphatic rings. The standard InChI is InChI=1S/C15H18N2O3S/c1-10-4-6-14(20-3)13(8-10)11(2)16-9-12-5-7-15(21-12)17(18)19/h4-8,11,16H,9H2,1-3H3. The van der Waals surface area contributed by atoms with Crippen molar-refractivity contribution in [1.29, 1.82) is 0 Å². The predicted octanol–water partition coefficient (Wildman–Crippen LogP) is 3.82. The zero-order chi connectivity index (χ0) is 15.4. The predicted molar refractivity (Wildman–Crippen MR) is 84.0 cm³/mol. The van der Waals surface area contributed by atoms with Crippen molar-refractivity contribution in [3.05, 3.63) is 56.5 Å². The van der Waals surface area contributed by atoms with Gasteiger partial charge in [0.25, 0.3) is 0 Å². The highest BCUT2D eigenvalue weighted by Gasteiger charge is 2.13. The van der Waals surface area contributed by atoms with Gasteiger partial charge in [-0.15, -0.1) is 0 Å². The van der Waals surface area contributed by atoms with Crippen LogP contribution in [-0.4, -0.2) is 12.0 Å². The van der Waals surface area contributed by atoms with Crippen molar-refractivity contribution in [3.8, 4) is 5.75 Å². The van der Waals surface area contributed by atoms with Crippen molar-refractivity contribution in [2.75, 3.05) is 7.11 Å². The van der Waals surface area contributed by atoms with Gasteiger partial charge in [0.15, 0.2) is 0 Å². The Labute approximate surface area is 127 Å². The number of benzene rings is 1. The minimum Gasteiger partial charge on any atom is -0.496 e. The Morgan fingerprint density at radius 3 is 2.76 bits per heavy atom. The minimum atomic E-state index is -0.360. The van der Waals surface area contributed by atoms with E-state index in [2.05, 4.69) is 18.3 Å². The normalized spacial score (nSPS) is 12.1. The number of methoxy groups -OCH3 is 1. The molecule has 0 aliphatic carbocycles. The average Bonchev–Trinajstić information content (AvgIpc) is 2.94. The lowest BCUT2D eigenvalue weighted by molar-refractivity contribution is -0.380. The first-order valence-electron chi connectivity index (χ1n) is 6.62. The molecule has 2 aromatic rings. The molecule has 1 N–H and O–H groups in total. The quantitative estimate of drug-likeness (QED) is 0.651. The van der Waals surface area contributed by atoms with E-state index in [0.717, 1.165) is 16.2 Å². The number of rotatable bonds is 6. The van der Waals surface area contributed by atoms with E-state index in [1.807, 2.05) is 19.1 Å². The molecule has 5 nitrogen and oxygen atoms in total. The van der Waals surface area contributed by atoms with E-state index in [4.69, 9.17) is 4.74 Å². The van der Waals surface area contributed by atoms with Gasteiger partial charge in [-0.3, -0.25) is 10.1 Å². The number of nitrogens with zero attached hydrogens (tertiary/aromatic N) is 1. The van der Waals surface area contributed by atoms with Crippen LogP contribution in [0, 0.1) is 17.0 Å². The SMILES string of the molecule is COc1ccc(C)cc1C(C)NCc1ccc([N+](=O)[O-])s1. The molecule has 1 aromatic heterocycles. The molecule has 21 heavy (non-hydrogen) atoms. The summed E-state index contributed by atoms with van der Waals surface area (Å²) in [4.78, 5) is 11.3. The number of ether oxygens (including phenoxy) is 1. The zero-order valence-electron chi connectivity index (χ0n) is 12.3. The van der Waals surface area contributed by atoms with Crippen molar-refractivity contribution >= 4 is 16.3 Å². The number of hydrogen-bond donors (Lipinski definition) is 1. The minimum absolute atomic E-state index is 0.0982. The molecule has 0 amide bonds. The Bertz CT molecular complexity index is 640. The maximum atomic E-state index is 10.7. The van der Waals surface area contributed by atoms with E-state index in [1.165, 1.54) is 16.9 Å². The Morgan fingerprint density at radius 2 is 2.14 bits per heavy atom. The van der Waals surface area contributed by atoms with Crippen molar-refractivity contribution in [2.45, 2.75) is 26.4 Å². The number of nitrogens with one attached hydrogen (secondary N) is 1. The van der Waals surface area contributed by atoms with E-state index in [0.29, 0.717) is 6.54 Å². The molecule has 0 aliphatic heterocycles. The fraction of sp³-hybridized carbons (Fsp3) is 0.333. The largest absolute Gasteiger partial charge is 0.496 e. The van der Waals surface area contributed by atoms with Gasteiger partial charge in [-0.1, -0.05) is 29.0 Å². The van der Waals surface area contributed by atoms with Gasteiger partial charge in [0, 0.05) is 29.1 Å². The van der Waals surface area contributed by atoms with Gasteiger partial charge in [-0.05, 0) is 26.0 Å². The van der Waals surface area contributed by atoms with Gasteiger partial charge < -0.3 is 10.1 Å². The molecule has 0 saturated heterocycles. The Kier molecular flexibility index (Phi) is 4.93. The molecule has 1 aromatic carbocycles. The van der Waals surface area contributed by atoms with Crippen LogP contribution in [0.4, 0.5) is 5.00 Å². The summed E-state index contributed by atoms with van der Waals surface area (Å²) in [5, 5.41) is 14.2. The second kappa shape index (κ2) is 6.69. The van der Waals surface area contributed by atoms with Crippen LogP contribution in [0.3, 0.4) is 0 Å². The van der Waals surface area contributed by atoms with Crippen LogP contribution in [0.25, 0.3) is 0 Å². The molecule has 6 heteroatoms. The maximum absolute atomic E-state index is 10.7. The Balaban J connectivity index is 2.05. The Morgan fingerprint density at radius 1 is 1.38 bits per heavy atom. The molecule has 112 valence electrons. The van der Waals surface area contributed by atoms with Crippen molar-refractivity contribution in [1.82, 2.24) is 5.32 Å². The third kappa shape index (κ3) is 3.80. The third-order valence-electron chi connectivity index (χ3n) is 3.26. The third-order valence-corrected chi connectivity index (χ3v) is 4.30. The summed E-state index contributed by atoms with van der Waals surface area (Å²) < 4.78 is 5.38. The van der Waals surface area contributed by atoms with Gasteiger partial charge >= 0.3 is 5.00 Å². The molecule has 0 radical (unpaired) electrons. The summed E-state index contributed by atoms with van der Waals surface area (Å²) in [6, 6.07) is 9.49. The van der Waals surface area contributed by atoms with Gasteiger partial charge in [0.2, 0.25) is 0 Å². The number of aryl methyl sites for hydroxylation is 1. The summed E-state index contributed by atoms with van der Waals surface area (Å²) in [6.45, 7) is 4.69. The van der Waals surface area contributed by atoms with Crippen LogP contribution in [0.2, 0.25) is 0 Å². The Hall–Kier alpha value is -1.92. The lowest BCUT2D eigenvalue weighted by atomic mass is 10.0. The lowest BCUT2D eigenvalue weighted by Crippen LogP contribution is -2.18. The van der Waals surface area contributed by atoms with Crippen LogP contribution in [0.5, 0.6) is 5.75 Å². The van der Waals surface area contributed by atoms with E-state index in [-0.39, 0.29) is 16.0 Å². The monoisotopic (exact) mass is 306 g/mol. The van der Waals surface area contributed by atoms with Crippen molar-refractivity contribution < 1.29 is 9.66 Å². The van der Waals surface area contributed by atoms with Gasteiger partial charge in [-0.2, -0.15) is 0 Å².